The number of imide groups is 1. The second-order valence-corrected chi connectivity index (χ2v) is 5.21. The molecule has 4 nitrogen and oxygen atoms in total. The highest BCUT2D eigenvalue weighted by Gasteiger charge is 2.47. The zero-order valence-corrected chi connectivity index (χ0v) is 11.3. The third-order valence-electron chi connectivity index (χ3n) is 3.84. The fraction of sp³-hybridized carbons (Fsp3) is 0.333. The smallest absolute Gasteiger partial charge is 0.406 e. The Labute approximate surface area is 124 Å². The van der Waals surface area contributed by atoms with Gasteiger partial charge in [-0.3, -0.25) is 14.5 Å². The average molecular weight is 311 g/mol. The lowest BCUT2D eigenvalue weighted by Crippen LogP contribution is -2.30. The van der Waals surface area contributed by atoms with Crippen LogP contribution in [0, 0.1) is 11.8 Å². The van der Waals surface area contributed by atoms with Crippen molar-refractivity contribution in [2.24, 2.45) is 11.8 Å². The van der Waals surface area contributed by atoms with Gasteiger partial charge >= 0.3 is 6.36 Å². The zero-order chi connectivity index (χ0) is 15.9. The summed E-state index contributed by atoms with van der Waals surface area (Å²) in [7, 11) is 0. The molecule has 2 amide bonds. The summed E-state index contributed by atoms with van der Waals surface area (Å²) in [5.41, 5.74) is 0.263. The Morgan fingerprint density at radius 2 is 1.45 bits per heavy atom. The van der Waals surface area contributed by atoms with Crippen LogP contribution < -0.4 is 9.64 Å². The van der Waals surface area contributed by atoms with Crippen molar-refractivity contribution in [1.29, 1.82) is 0 Å². The number of alkyl halides is 3. The summed E-state index contributed by atoms with van der Waals surface area (Å²) in [4.78, 5) is 25.7. The van der Waals surface area contributed by atoms with Crippen molar-refractivity contribution in [2.45, 2.75) is 19.2 Å². The number of benzene rings is 1. The molecule has 3 rings (SSSR count). The first-order chi connectivity index (χ1) is 10.4. The molecule has 7 heteroatoms. The van der Waals surface area contributed by atoms with Gasteiger partial charge in [0.2, 0.25) is 11.8 Å². The van der Waals surface area contributed by atoms with E-state index >= 15 is 0 Å². The highest BCUT2D eigenvalue weighted by atomic mass is 19.4. The lowest BCUT2D eigenvalue weighted by atomic mass is 9.85. The van der Waals surface area contributed by atoms with Crippen LogP contribution in [0.4, 0.5) is 18.9 Å². The monoisotopic (exact) mass is 311 g/mol. The summed E-state index contributed by atoms with van der Waals surface area (Å²) >= 11 is 0. The van der Waals surface area contributed by atoms with E-state index in [1.165, 1.54) is 12.1 Å². The molecule has 1 fully saturated rings. The van der Waals surface area contributed by atoms with Crippen LogP contribution in [0.25, 0.3) is 0 Å². The van der Waals surface area contributed by atoms with E-state index in [1.807, 2.05) is 12.2 Å². The molecule has 1 heterocycles. The van der Waals surface area contributed by atoms with E-state index < -0.39 is 12.1 Å². The largest absolute Gasteiger partial charge is 0.573 e. The molecule has 0 saturated carbocycles. The molecule has 116 valence electrons. The topological polar surface area (TPSA) is 46.6 Å². The van der Waals surface area contributed by atoms with Gasteiger partial charge in [-0.1, -0.05) is 12.2 Å². The van der Waals surface area contributed by atoms with E-state index in [1.54, 1.807) is 0 Å². The number of halogens is 3. The maximum Gasteiger partial charge on any atom is 0.573 e. The van der Waals surface area contributed by atoms with E-state index in [-0.39, 0.29) is 29.3 Å². The number of fused-ring (bicyclic) bond motifs is 1. The Kier molecular flexibility index (Phi) is 3.42. The van der Waals surface area contributed by atoms with Crippen molar-refractivity contribution in [3.05, 3.63) is 36.4 Å². The zero-order valence-electron chi connectivity index (χ0n) is 11.3. The number of carbonyl (C=O) groups is 2. The minimum absolute atomic E-state index is 0.263. The number of ether oxygens (including phenoxy) is 1. The van der Waals surface area contributed by atoms with Gasteiger partial charge in [0.05, 0.1) is 17.5 Å². The Morgan fingerprint density at radius 1 is 0.955 bits per heavy atom. The van der Waals surface area contributed by atoms with E-state index in [2.05, 4.69) is 4.74 Å². The van der Waals surface area contributed by atoms with Crippen LogP contribution in [-0.4, -0.2) is 18.2 Å². The maximum absolute atomic E-state index is 12.3. The number of hydrogen-bond acceptors (Lipinski definition) is 3. The fourth-order valence-electron chi connectivity index (χ4n) is 2.85. The van der Waals surface area contributed by atoms with Crippen LogP contribution in [0.5, 0.6) is 5.75 Å². The number of carbonyl (C=O) groups excluding carboxylic acids is 2. The molecule has 2 aliphatic rings. The van der Waals surface area contributed by atoms with Gasteiger partial charge < -0.3 is 4.74 Å². The number of rotatable bonds is 2. The van der Waals surface area contributed by atoms with Crippen molar-refractivity contribution >= 4 is 17.5 Å². The highest BCUT2D eigenvalue weighted by Crippen LogP contribution is 2.38. The van der Waals surface area contributed by atoms with Gasteiger partial charge in [-0.25, -0.2) is 0 Å². The first kappa shape index (κ1) is 14.6. The first-order valence-corrected chi connectivity index (χ1v) is 6.75. The molecule has 0 bridgehead atoms. The standard InChI is InChI=1S/C15H12F3NO3/c16-15(17,18)22-10-7-5-9(6-8-10)19-13(20)11-3-1-2-4-12(11)14(19)21/h1-2,5-8,11-12H,3-4H2/t11-,12-/m0/s1. The second kappa shape index (κ2) is 5.15. The van der Waals surface area contributed by atoms with Gasteiger partial charge in [-0.15, -0.1) is 13.2 Å². The van der Waals surface area contributed by atoms with Crippen LogP contribution in [0.15, 0.2) is 36.4 Å². The van der Waals surface area contributed by atoms with E-state index in [0.717, 1.165) is 17.0 Å². The average Bonchev–Trinajstić information content (AvgIpc) is 2.71. The molecule has 1 aliphatic heterocycles. The lowest BCUT2D eigenvalue weighted by molar-refractivity contribution is -0.274. The molecule has 1 saturated heterocycles. The Morgan fingerprint density at radius 3 is 1.91 bits per heavy atom. The normalized spacial score (nSPS) is 24.6. The van der Waals surface area contributed by atoms with Gasteiger partial charge in [0, 0.05) is 0 Å². The number of allylic oxidation sites excluding steroid dienone is 2. The molecular weight excluding hydrogens is 299 g/mol. The van der Waals surface area contributed by atoms with Gasteiger partial charge in [0.15, 0.2) is 0 Å². The van der Waals surface area contributed by atoms with Crippen LogP contribution >= 0.6 is 0 Å². The van der Waals surface area contributed by atoms with Crippen LogP contribution in [-0.2, 0) is 9.59 Å². The Balaban J connectivity index is 1.82. The molecule has 1 aliphatic carbocycles. The van der Waals surface area contributed by atoms with Crippen LogP contribution in [0.2, 0.25) is 0 Å². The SMILES string of the molecule is O=C1[C@H]2CC=CC[C@@H]2C(=O)N1c1ccc(OC(F)(F)F)cc1. The molecule has 0 unspecified atom stereocenters. The van der Waals surface area contributed by atoms with Crippen molar-refractivity contribution < 1.29 is 27.5 Å². The minimum Gasteiger partial charge on any atom is -0.406 e. The van der Waals surface area contributed by atoms with Gasteiger partial charge in [-0.05, 0) is 37.1 Å². The number of amides is 2. The first-order valence-electron chi connectivity index (χ1n) is 6.75. The van der Waals surface area contributed by atoms with E-state index in [0.29, 0.717) is 12.8 Å². The maximum atomic E-state index is 12.3. The van der Waals surface area contributed by atoms with E-state index in [9.17, 15) is 22.8 Å². The molecule has 0 spiro atoms. The Hall–Kier alpha value is -2.31. The van der Waals surface area contributed by atoms with Crippen molar-refractivity contribution in [2.75, 3.05) is 4.90 Å². The van der Waals surface area contributed by atoms with Crippen molar-refractivity contribution in [3.63, 3.8) is 0 Å². The summed E-state index contributed by atoms with van der Waals surface area (Å²) in [5.74, 6) is -1.74. The second-order valence-electron chi connectivity index (χ2n) is 5.21. The quantitative estimate of drug-likeness (QED) is 0.623. The number of hydrogen-bond donors (Lipinski definition) is 0. The lowest BCUT2D eigenvalue weighted by Gasteiger charge is -2.15. The predicted octanol–water partition coefficient (Wildman–Crippen LogP) is 3.04. The summed E-state index contributed by atoms with van der Waals surface area (Å²) in [6, 6.07) is 4.73. The van der Waals surface area contributed by atoms with Crippen molar-refractivity contribution in [3.8, 4) is 5.75 Å². The summed E-state index contributed by atoms with van der Waals surface area (Å²) in [5, 5.41) is 0. The number of nitrogens with zero attached hydrogens (tertiary/aromatic N) is 1. The minimum atomic E-state index is -4.78. The van der Waals surface area contributed by atoms with Gasteiger partial charge in [-0.2, -0.15) is 0 Å². The molecule has 1 aromatic carbocycles. The predicted molar refractivity (Wildman–Crippen MR) is 71.0 cm³/mol. The third kappa shape index (κ3) is 2.58. The third-order valence-corrected chi connectivity index (χ3v) is 3.84. The molecule has 0 N–H and O–H groups in total. The van der Waals surface area contributed by atoms with Gasteiger partial charge in [0.25, 0.3) is 0 Å². The molecule has 22 heavy (non-hydrogen) atoms. The van der Waals surface area contributed by atoms with Crippen LogP contribution in [0.3, 0.4) is 0 Å². The molecular formula is C15H12F3NO3. The Bertz CT molecular complexity index is 610. The molecule has 2 atom stereocenters. The van der Waals surface area contributed by atoms with Crippen LogP contribution in [0.1, 0.15) is 12.8 Å². The fourth-order valence-corrected chi connectivity index (χ4v) is 2.85. The molecule has 0 radical (unpaired) electrons. The summed E-state index contributed by atoms with van der Waals surface area (Å²) in [6.45, 7) is 0. The van der Waals surface area contributed by atoms with E-state index in [4.69, 9.17) is 0 Å². The van der Waals surface area contributed by atoms with Crippen molar-refractivity contribution in [1.82, 2.24) is 0 Å². The molecule has 0 aromatic heterocycles. The number of anilines is 1. The summed E-state index contributed by atoms with van der Waals surface area (Å²) < 4.78 is 40.1. The molecule has 1 aromatic rings. The van der Waals surface area contributed by atoms with Gasteiger partial charge in [0.1, 0.15) is 5.75 Å². The summed E-state index contributed by atoms with van der Waals surface area (Å²) in [6.07, 6.45) is -0.00430. The highest BCUT2D eigenvalue weighted by molar-refractivity contribution is 6.22.